The van der Waals surface area contributed by atoms with Crippen LogP contribution in [0.3, 0.4) is 0 Å². The third kappa shape index (κ3) is 5.35. The number of amides is 2. The van der Waals surface area contributed by atoms with E-state index < -0.39 is 40.8 Å². The molecule has 0 bridgehead atoms. The normalized spacial score (nSPS) is 21.1. The van der Waals surface area contributed by atoms with Gasteiger partial charge in [-0.15, -0.1) is 23.1 Å². The first kappa shape index (κ1) is 29.5. The van der Waals surface area contributed by atoms with Crippen molar-refractivity contribution >= 4 is 84.4 Å². The van der Waals surface area contributed by atoms with E-state index in [2.05, 4.69) is 20.4 Å². The predicted molar refractivity (Wildman–Crippen MR) is 159 cm³/mol. The molecular formula is C26H24N8O7S3. The lowest BCUT2D eigenvalue weighted by Gasteiger charge is -2.50. The molecule has 1 saturated carbocycles. The second kappa shape index (κ2) is 11.5. The zero-order valence-electron chi connectivity index (χ0n) is 22.7. The largest absolute Gasteiger partial charge is 0.543 e. The Hall–Kier alpha value is -4.55. The molecule has 1 saturated heterocycles. The topological polar surface area (TPSA) is 230 Å². The van der Waals surface area contributed by atoms with Gasteiger partial charge in [-0.05, 0) is 18.1 Å². The van der Waals surface area contributed by atoms with Crippen molar-refractivity contribution in [3.63, 3.8) is 0 Å². The van der Waals surface area contributed by atoms with Crippen molar-refractivity contribution in [3.05, 3.63) is 53.0 Å². The molecule has 5 heterocycles. The molecule has 1 unspecified atom stereocenters. The van der Waals surface area contributed by atoms with Gasteiger partial charge >= 0.3 is 5.97 Å². The quantitative estimate of drug-likeness (QED) is 0.0945. The number of anilines is 2. The fraction of sp³-hybridized carbons (Fsp3) is 0.308. The van der Waals surface area contributed by atoms with Gasteiger partial charge in [0.15, 0.2) is 34.9 Å². The Morgan fingerprint density at radius 3 is 2.75 bits per heavy atom. The van der Waals surface area contributed by atoms with Gasteiger partial charge in [-0.2, -0.15) is 4.57 Å². The van der Waals surface area contributed by atoms with Crippen LogP contribution in [-0.4, -0.2) is 72.2 Å². The third-order valence-corrected chi connectivity index (χ3v) is 10.2. The number of aliphatic carboxylic acids is 2. The van der Waals surface area contributed by atoms with Crippen LogP contribution in [-0.2, 0) is 30.6 Å². The Kier molecular flexibility index (Phi) is 7.72. The minimum Gasteiger partial charge on any atom is -0.543 e. The number of pyridine rings is 1. The number of rotatable bonds is 10. The number of β-lactam (4-membered cyclic amide) rings is 1. The molecule has 3 aromatic rings. The fourth-order valence-corrected chi connectivity index (χ4v) is 7.48. The number of allylic oxidation sites excluding steroid dienone is 2. The summed E-state index contributed by atoms with van der Waals surface area (Å²) in [6.07, 6.45) is 8.14. The molecule has 3 aromatic heterocycles. The molecule has 15 nitrogen and oxygen atoms in total. The summed E-state index contributed by atoms with van der Waals surface area (Å²) in [6.45, 7) is 0.409. The van der Waals surface area contributed by atoms with Crippen LogP contribution in [0.2, 0.25) is 0 Å². The van der Waals surface area contributed by atoms with Gasteiger partial charge in [-0.25, -0.2) is 14.8 Å². The van der Waals surface area contributed by atoms with Crippen LogP contribution in [0.25, 0.3) is 10.2 Å². The number of thioether (sulfide) groups is 1. The molecule has 0 aromatic carbocycles. The number of carbonyl (C=O) groups is 4. The number of carboxylic acids is 2. The lowest BCUT2D eigenvalue weighted by Crippen LogP contribution is -2.71. The van der Waals surface area contributed by atoms with Crippen LogP contribution < -0.4 is 26.5 Å². The SMILES string of the molecule is Nc1nc(/C(=N/OC2(C(=O)O)CCC2)C(=O)NC2C(=O)N3C(C(=O)[O-])=C(C=CC[n+]4ccc5sc(N)nc5c4)CS[C@H]23)cs1. The van der Waals surface area contributed by atoms with Crippen molar-refractivity contribution in [2.75, 3.05) is 17.2 Å². The Morgan fingerprint density at radius 2 is 2.09 bits per heavy atom. The molecule has 44 heavy (non-hydrogen) atoms. The fourth-order valence-electron chi connectivity index (χ4n) is 4.91. The molecule has 228 valence electrons. The van der Waals surface area contributed by atoms with E-state index in [1.54, 1.807) is 12.2 Å². The minimum absolute atomic E-state index is 0.0443. The molecule has 1 aliphatic carbocycles. The maximum absolute atomic E-state index is 13.3. The standard InChI is InChI=1S/C26H24N8O7S3/c27-24-30-14(11-43-24)16(32-41-26(23(39)40)5-2-6-26)19(35)31-17-20(36)34-18(22(37)38)12(10-42-21(17)34)3-1-7-33-8-4-15-13(9-33)29-25(28)44-15/h1,3-4,8-9,11,17,21H,2,5-7,10H2,(H6-,27,28,29,30,31,35,37,38,39,40)/b3-1?,32-16-/t17?,21-/m1/s1. The summed E-state index contributed by atoms with van der Waals surface area (Å²) in [4.78, 5) is 65.1. The third-order valence-electron chi connectivity index (χ3n) is 7.36. The van der Waals surface area contributed by atoms with E-state index in [1.807, 2.05) is 23.0 Å². The van der Waals surface area contributed by atoms with Crippen molar-refractivity contribution in [1.29, 1.82) is 0 Å². The number of hydrogen-bond donors (Lipinski definition) is 4. The van der Waals surface area contributed by atoms with Crippen molar-refractivity contribution in [2.45, 2.75) is 42.8 Å². The number of nitrogens with two attached hydrogens (primary N) is 2. The summed E-state index contributed by atoms with van der Waals surface area (Å²) in [6, 6.07) is 0.805. The predicted octanol–water partition coefficient (Wildman–Crippen LogP) is -0.407. The summed E-state index contributed by atoms with van der Waals surface area (Å²) in [7, 11) is 0. The number of hydrogen-bond acceptors (Lipinski definition) is 14. The van der Waals surface area contributed by atoms with E-state index in [0.29, 0.717) is 23.7 Å². The highest BCUT2D eigenvalue weighted by Crippen LogP contribution is 2.40. The minimum atomic E-state index is -1.55. The summed E-state index contributed by atoms with van der Waals surface area (Å²) in [5.74, 6) is -3.99. The number of nitrogens with one attached hydrogen (secondary N) is 1. The first-order chi connectivity index (χ1) is 21.1. The lowest BCUT2D eigenvalue weighted by molar-refractivity contribution is -0.685. The Bertz CT molecular complexity index is 1790. The van der Waals surface area contributed by atoms with Crippen molar-refractivity contribution in [3.8, 4) is 0 Å². The molecule has 2 aliphatic heterocycles. The highest BCUT2D eigenvalue weighted by molar-refractivity contribution is 8.00. The van der Waals surface area contributed by atoms with Gasteiger partial charge in [0.1, 0.15) is 22.6 Å². The van der Waals surface area contributed by atoms with Crippen LogP contribution in [0.5, 0.6) is 0 Å². The number of carboxylic acid groups (broad SMARTS) is 2. The molecule has 2 fully saturated rings. The molecule has 3 aliphatic rings. The average Bonchev–Trinajstić information content (AvgIpc) is 3.56. The maximum atomic E-state index is 13.3. The Balaban J connectivity index is 1.17. The first-order valence-corrected chi connectivity index (χ1v) is 15.9. The molecule has 0 spiro atoms. The summed E-state index contributed by atoms with van der Waals surface area (Å²) >= 11 is 3.69. The van der Waals surface area contributed by atoms with Gasteiger partial charge < -0.3 is 36.6 Å². The summed E-state index contributed by atoms with van der Waals surface area (Å²) < 4.78 is 2.81. The van der Waals surface area contributed by atoms with Crippen LogP contribution in [0.15, 0.2) is 52.4 Å². The van der Waals surface area contributed by atoms with E-state index in [1.165, 1.54) is 28.5 Å². The summed E-state index contributed by atoms with van der Waals surface area (Å²) in [5, 5.41) is 29.5. The van der Waals surface area contributed by atoms with E-state index in [9.17, 15) is 29.4 Å². The van der Waals surface area contributed by atoms with Crippen molar-refractivity contribution in [1.82, 2.24) is 20.2 Å². The molecule has 6 N–H and O–H groups in total. The maximum Gasteiger partial charge on any atom is 0.350 e. The van der Waals surface area contributed by atoms with Crippen molar-refractivity contribution in [2.24, 2.45) is 5.16 Å². The number of fused-ring (bicyclic) bond motifs is 2. The highest BCUT2D eigenvalue weighted by Gasteiger charge is 2.53. The average molecular weight is 657 g/mol. The van der Waals surface area contributed by atoms with Gasteiger partial charge in [-0.3, -0.25) is 14.5 Å². The van der Waals surface area contributed by atoms with Crippen molar-refractivity contribution < 1.29 is 38.8 Å². The monoisotopic (exact) mass is 656 g/mol. The number of aromatic nitrogens is 3. The van der Waals surface area contributed by atoms with Crippen LogP contribution in [0.4, 0.5) is 10.3 Å². The Labute approximate surface area is 260 Å². The van der Waals surface area contributed by atoms with Crippen LogP contribution >= 0.6 is 34.4 Å². The number of thiazole rings is 2. The smallest absolute Gasteiger partial charge is 0.350 e. The molecular weight excluding hydrogens is 633 g/mol. The van der Waals surface area contributed by atoms with E-state index in [-0.39, 0.29) is 40.8 Å². The second-order valence-corrected chi connectivity index (χ2v) is 13.2. The van der Waals surface area contributed by atoms with Gasteiger partial charge in [0.05, 0.1) is 16.4 Å². The van der Waals surface area contributed by atoms with E-state index in [0.717, 1.165) is 26.5 Å². The Morgan fingerprint density at radius 1 is 1.30 bits per heavy atom. The molecule has 0 radical (unpaired) electrons. The number of oxime groups is 1. The zero-order chi connectivity index (χ0) is 31.2. The molecule has 18 heteroatoms. The first-order valence-electron chi connectivity index (χ1n) is 13.2. The zero-order valence-corrected chi connectivity index (χ0v) is 25.1. The van der Waals surface area contributed by atoms with Crippen LogP contribution in [0, 0.1) is 0 Å². The van der Waals surface area contributed by atoms with Crippen LogP contribution in [0.1, 0.15) is 25.0 Å². The lowest BCUT2D eigenvalue weighted by atomic mass is 9.80. The molecule has 2 amide bonds. The highest BCUT2D eigenvalue weighted by atomic mass is 32.2. The molecule has 6 rings (SSSR count). The van der Waals surface area contributed by atoms with Gasteiger partial charge in [-0.1, -0.05) is 22.6 Å². The summed E-state index contributed by atoms with van der Waals surface area (Å²) in [5.41, 5.74) is 10.5. The number of nitrogen functional groups attached to an aromatic ring is 2. The molecule has 2 atom stereocenters. The van der Waals surface area contributed by atoms with E-state index >= 15 is 0 Å². The van der Waals surface area contributed by atoms with Gasteiger partial charge in [0.2, 0.25) is 5.60 Å². The van der Waals surface area contributed by atoms with E-state index in [4.69, 9.17) is 16.3 Å². The number of nitrogens with zero attached hydrogens (tertiary/aromatic N) is 5. The second-order valence-electron chi connectivity index (χ2n) is 10.1. The van der Waals surface area contributed by atoms with Gasteiger partial charge in [0.25, 0.3) is 11.8 Å². The number of carbonyl (C=O) groups excluding carboxylic acids is 3. The van der Waals surface area contributed by atoms with Gasteiger partial charge in [0, 0.05) is 30.0 Å².